The summed E-state index contributed by atoms with van der Waals surface area (Å²) in [5, 5.41) is 10.8. The molecule has 0 atom stereocenters. The Morgan fingerprint density at radius 3 is 2.78 bits per heavy atom. The molecule has 0 saturated heterocycles. The highest BCUT2D eigenvalue weighted by Gasteiger charge is 2.14. The first-order valence-corrected chi connectivity index (χ1v) is 8.40. The zero-order valence-electron chi connectivity index (χ0n) is 13.0. The van der Waals surface area contributed by atoms with Crippen molar-refractivity contribution < 1.29 is 4.79 Å². The number of aryl methyl sites for hydroxylation is 1. The number of aromatic nitrogens is 2. The van der Waals surface area contributed by atoms with Crippen LogP contribution in [0.5, 0.6) is 0 Å². The zero-order chi connectivity index (χ0) is 16.1. The van der Waals surface area contributed by atoms with Gasteiger partial charge in [-0.3, -0.25) is 4.68 Å². The van der Waals surface area contributed by atoms with Crippen molar-refractivity contribution in [1.82, 2.24) is 20.4 Å². The maximum absolute atomic E-state index is 11.8. The van der Waals surface area contributed by atoms with E-state index in [4.69, 9.17) is 11.6 Å². The minimum atomic E-state index is -0.166. The number of fused-ring (bicyclic) bond motifs is 1. The number of nitrogens with zero attached hydrogens (tertiary/aromatic N) is 2. The molecule has 1 aliphatic rings. The van der Waals surface area contributed by atoms with Gasteiger partial charge in [0, 0.05) is 23.8 Å². The van der Waals surface area contributed by atoms with Crippen molar-refractivity contribution in [3.63, 3.8) is 0 Å². The predicted molar refractivity (Wildman–Crippen MR) is 90.6 cm³/mol. The molecule has 2 amide bonds. The highest BCUT2D eigenvalue weighted by Crippen LogP contribution is 2.20. The Balaban J connectivity index is 1.41. The van der Waals surface area contributed by atoms with Gasteiger partial charge < -0.3 is 10.6 Å². The Morgan fingerprint density at radius 1 is 1.17 bits per heavy atom. The summed E-state index contributed by atoms with van der Waals surface area (Å²) in [6.45, 7) is 1.77. The second-order valence-electron chi connectivity index (χ2n) is 5.78. The van der Waals surface area contributed by atoms with Crippen LogP contribution >= 0.6 is 11.6 Å². The van der Waals surface area contributed by atoms with Crippen molar-refractivity contribution in [3.8, 4) is 0 Å². The average molecular weight is 333 g/mol. The first-order valence-electron chi connectivity index (χ1n) is 8.02. The molecule has 5 nitrogen and oxygen atoms in total. The summed E-state index contributed by atoms with van der Waals surface area (Å²) < 4.78 is 2.02. The molecule has 1 heterocycles. The summed E-state index contributed by atoms with van der Waals surface area (Å²) in [5.74, 6) is 0. The summed E-state index contributed by atoms with van der Waals surface area (Å²) in [5.41, 5.74) is 3.72. The molecule has 1 aromatic heterocycles. The second-order valence-corrected chi connectivity index (χ2v) is 6.22. The number of hydrogen-bond acceptors (Lipinski definition) is 2. The van der Waals surface area contributed by atoms with Gasteiger partial charge in [0.1, 0.15) is 0 Å². The molecule has 2 aromatic rings. The second kappa shape index (κ2) is 7.51. The van der Waals surface area contributed by atoms with Gasteiger partial charge in [-0.1, -0.05) is 23.7 Å². The largest absolute Gasteiger partial charge is 0.336 e. The summed E-state index contributed by atoms with van der Waals surface area (Å²) >= 11 is 5.83. The van der Waals surface area contributed by atoms with E-state index in [0.717, 1.165) is 18.4 Å². The summed E-state index contributed by atoms with van der Waals surface area (Å²) in [6.07, 6.45) is 6.68. The van der Waals surface area contributed by atoms with Gasteiger partial charge in [-0.05, 0) is 48.9 Å². The minimum Gasteiger partial charge on any atom is -0.336 e. The lowest BCUT2D eigenvalue weighted by Crippen LogP contribution is -2.37. The maximum atomic E-state index is 11.8. The van der Waals surface area contributed by atoms with Crippen LogP contribution in [0.3, 0.4) is 0 Å². The van der Waals surface area contributed by atoms with Crippen molar-refractivity contribution in [1.29, 1.82) is 0 Å². The van der Waals surface area contributed by atoms with Crippen LogP contribution in [-0.4, -0.2) is 22.4 Å². The third-order valence-electron chi connectivity index (χ3n) is 4.12. The van der Waals surface area contributed by atoms with Crippen molar-refractivity contribution in [2.75, 3.05) is 6.54 Å². The molecule has 0 fully saturated rings. The lowest BCUT2D eigenvalue weighted by molar-refractivity contribution is 0.240. The Bertz CT molecular complexity index is 666. The van der Waals surface area contributed by atoms with E-state index in [1.165, 1.54) is 24.1 Å². The van der Waals surface area contributed by atoms with Crippen LogP contribution in [0, 0.1) is 0 Å². The molecule has 3 rings (SSSR count). The molecule has 23 heavy (non-hydrogen) atoms. The molecule has 0 unspecified atom stereocenters. The number of halogens is 1. The average Bonchev–Trinajstić information content (AvgIpc) is 2.98. The van der Waals surface area contributed by atoms with E-state index in [1.807, 2.05) is 35.1 Å². The van der Waals surface area contributed by atoms with E-state index in [-0.39, 0.29) is 6.03 Å². The van der Waals surface area contributed by atoms with Gasteiger partial charge in [-0.15, -0.1) is 0 Å². The monoisotopic (exact) mass is 332 g/mol. The van der Waals surface area contributed by atoms with Crippen LogP contribution < -0.4 is 10.6 Å². The molecule has 0 radical (unpaired) electrons. The van der Waals surface area contributed by atoms with Crippen molar-refractivity contribution in [2.24, 2.45) is 0 Å². The van der Waals surface area contributed by atoms with Crippen molar-refractivity contribution in [3.05, 3.63) is 52.3 Å². The smallest absolute Gasteiger partial charge is 0.315 e. The van der Waals surface area contributed by atoms with E-state index < -0.39 is 0 Å². The Morgan fingerprint density at radius 2 is 1.96 bits per heavy atom. The molecular weight excluding hydrogens is 312 g/mol. The fourth-order valence-corrected chi connectivity index (χ4v) is 3.00. The molecule has 6 heteroatoms. The first-order chi connectivity index (χ1) is 11.2. The maximum Gasteiger partial charge on any atom is 0.315 e. The van der Waals surface area contributed by atoms with Gasteiger partial charge in [0.25, 0.3) is 0 Å². The molecule has 0 saturated carbocycles. The van der Waals surface area contributed by atoms with Crippen molar-refractivity contribution in [2.45, 2.75) is 38.8 Å². The highest BCUT2D eigenvalue weighted by atomic mass is 35.5. The van der Waals surface area contributed by atoms with Gasteiger partial charge in [-0.25, -0.2) is 4.79 Å². The normalized spacial score (nSPS) is 13.4. The Labute approximate surface area is 141 Å². The summed E-state index contributed by atoms with van der Waals surface area (Å²) in [4.78, 5) is 11.8. The Kier molecular flexibility index (Phi) is 5.18. The predicted octanol–water partition coefficient (Wildman–Crippen LogP) is 2.91. The lowest BCUT2D eigenvalue weighted by Gasteiger charge is -2.14. The summed E-state index contributed by atoms with van der Waals surface area (Å²) in [7, 11) is 0. The van der Waals surface area contributed by atoms with Crippen LogP contribution in [0.1, 0.15) is 29.7 Å². The zero-order valence-corrected chi connectivity index (χ0v) is 13.8. The number of hydrogen-bond donors (Lipinski definition) is 2. The van der Waals surface area contributed by atoms with Crippen LogP contribution in [0.25, 0.3) is 0 Å². The standard InChI is InChI=1S/C17H21ClN4O/c18-15-7-5-13(6-8-15)11-20-17(23)19-9-10-22-16-4-2-1-3-14(16)12-21-22/h5-8,12H,1-4,9-11H2,(H2,19,20,23). The van der Waals surface area contributed by atoms with Crippen LogP contribution in [-0.2, 0) is 25.9 Å². The van der Waals surface area contributed by atoms with Gasteiger partial charge in [0.2, 0.25) is 0 Å². The van der Waals surface area contributed by atoms with E-state index in [2.05, 4.69) is 15.7 Å². The van der Waals surface area contributed by atoms with Crippen molar-refractivity contribution >= 4 is 17.6 Å². The quantitative estimate of drug-likeness (QED) is 0.884. The number of nitrogens with one attached hydrogen (secondary N) is 2. The van der Waals surface area contributed by atoms with Crippen LogP contribution in [0.4, 0.5) is 4.79 Å². The summed E-state index contributed by atoms with van der Waals surface area (Å²) in [6, 6.07) is 7.27. The molecule has 1 aromatic carbocycles. The van der Waals surface area contributed by atoms with Gasteiger partial charge in [0.15, 0.2) is 0 Å². The SMILES string of the molecule is O=C(NCCn1ncc2c1CCCC2)NCc1ccc(Cl)cc1. The number of amides is 2. The molecule has 0 bridgehead atoms. The van der Waals surface area contributed by atoms with Gasteiger partial charge >= 0.3 is 6.03 Å². The highest BCUT2D eigenvalue weighted by molar-refractivity contribution is 6.30. The fourth-order valence-electron chi connectivity index (χ4n) is 2.87. The molecular formula is C17H21ClN4O. The number of urea groups is 1. The van der Waals surface area contributed by atoms with E-state index >= 15 is 0 Å². The van der Waals surface area contributed by atoms with E-state index in [0.29, 0.717) is 24.7 Å². The van der Waals surface area contributed by atoms with E-state index in [1.54, 1.807) is 0 Å². The number of rotatable bonds is 5. The van der Waals surface area contributed by atoms with Gasteiger partial charge in [0.05, 0.1) is 12.7 Å². The third-order valence-corrected chi connectivity index (χ3v) is 4.37. The number of carbonyl (C=O) groups excluding carboxylic acids is 1. The van der Waals surface area contributed by atoms with Crippen LogP contribution in [0.2, 0.25) is 5.02 Å². The molecule has 2 N–H and O–H groups in total. The molecule has 0 spiro atoms. The minimum absolute atomic E-state index is 0.166. The van der Waals surface area contributed by atoms with Gasteiger partial charge in [-0.2, -0.15) is 5.10 Å². The number of benzene rings is 1. The van der Waals surface area contributed by atoms with Crippen LogP contribution in [0.15, 0.2) is 30.5 Å². The molecule has 122 valence electrons. The lowest BCUT2D eigenvalue weighted by atomic mass is 9.98. The topological polar surface area (TPSA) is 59.0 Å². The molecule has 0 aliphatic heterocycles. The first kappa shape index (κ1) is 15.9. The van der Waals surface area contributed by atoms with E-state index in [9.17, 15) is 4.79 Å². The fraction of sp³-hybridized carbons (Fsp3) is 0.412. The number of carbonyl (C=O) groups is 1. The Hall–Kier alpha value is -2.01. The third kappa shape index (κ3) is 4.26. The molecule has 1 aliphatic carbocycles.